The summed E-state index contributed by atoms with van der Waals surface area (Å²) in [5.74, 6) is 0.922. The number of rotatable bonds is 8. The van der Waals surface area contributed by atoms with Crippen LogP contribution in [-0.2, 0) is 17.6 Å². The topological polar surface area (TPSA) is 116 Å². The molecule has 4 aliphatic rings. The molecule has 0 spiro atoms. The number of anilines is 2. The molecule has 300 valence electrons. The van der Waals surface area contributed by atoms with Crippen molar-refractivity contribution in [3.63, 3.8) is 0 Å². The SMILES string of the molecule is N#CC1(Cc2ccc(F)cc2)CCN(C(=O)C2CNc3cc(Cl)ccc3O2)CC1.NCC1(Cc2ccc(F)cc2)CCN(CC2CNc3cc(Cl)ccc3O2)CC1. The van der Waals surface area contributed by atoms with E-state index in [2.05, 4.69) is 21.6 Å². The number of fused-ring (bicyclic) bond motifs is 2. The summed E-state index contributed by atoms with van der Waals surface area (Å²) in [7, 11) is 0. The van der Waals surface area contributed by atoms with E-state index < -0.39 is 11.5 Å². The number of nitrogens with one attached hydrogen (secondary N) is 2. The van der Waals surface area contributed by atoms with Crippen LogP contribution >= 0.6 is 23.2 Å². The van der Waals surface area contributed by atoms with E-state index in [0.29, 0.717) is 61.2 Å². The number of piperidine rings is 2. The molecule has 0 radical (unpaired) electrons. The van der Waals surface area contributed by atoms with E-state index in [0.717, 1.165) is 73.7 Å². The summed E-state index contributed by atoms with van der Waals surface area (Å²) in [6.45, 7) is 5.72. The van der Waals surface area contributed by atoms with Crippen molar-refractivity contribution in [1.82, 2.24) is 9.80 Å². The first-order valence-electron chi connectivity index (χ1n) is 19.5. The third-order valence-electron chi connectivity index (χ3n) is 11.7. The standard InChI is InChI=1S/C22H21ClFN3O2.C22H27ClFN3O/c23-16-3-6-19-18(11-16)26-13-20(29-19)21(28)27-9-7-22(14-25,8-10-27)12-15-1-4-17(24)5-2-15;23-17-3-6-21-20(11-17)26-13-19(28-21)14-27-9-7-22(15-25,8-10-27)12-16-1-4-18(24)5-2-16/h1-6,11,20,26H,7-10,12-13H2;1-6,11,19,26H,7-10,12-15,25H2. The fourth-order valence-corrected chi connectivity index (χ4v) is 8.58. The summed E-state index contributed by atoms with van der Waals surface area (Å²) in [4.78, 5) is 17.2. The Hall–Kier alpha value is -4.60. The largest absolute Gasteiger partial charge is 0.485 e. The second-order valence-electron chi connectivity index (χ2n) is 15.7. The van der Waals surface area contributed by atoms with Gasteiger partial charge in [0.15, 0.2) is 6.10 Å². The van der Waals surface area contributed by atoms with Crippen LogP contribution in [0.15, 0.2) is 84.9 Å². The molecule has 2 atom stereocenters. The van der Waals surface area contributed by atoms with Crippen molar-refractivity contribution < 1.29 is 23.0 Å². The zero-order chi connectivity index (χ0) is 40.0. The number of nitrogens with zero attached hydrogens (tertiary/aromatic N) is 3. The van der Waals surface area contributed by atoms with Crippen LogP contribution < -0.4 is 25.8 Å². The van der Waals surface area contributed by atoms with Crippen LogP contribution in [0.25, 0.3) is 0 Å². The normalized spacial score (nSPS) is 20.7. The molecule has 2 unspecified atom stereocenters. The van der Waals surface area contributed by atoms with Crippen molar-refractivity contribution in [2.45, 2.75) is 50.7 Å². The Balaban J connectivity index is 0.000000174. The average Bonchev–Trinajstić information content (AvgIpc) is 3.23. The third kappa shape index (κ3) is 10.1. The zero-order valence-corrected chi connectivity index (χ0v) is 33.3. The van der Waals surface area contributed by atoms with Gasteiger partial charge in [-0.1, -0.05) is 47.5 Å². The van der Waals surface area contributed by atoms with Gasteiger partial charge in [0.2, 0.25) is 0 Å². The highest BCUT2D eigenvalue weighted by molar-refractivity contribution is 6.31. The van der Waals surface area contributed by atoms with E-state index in [4.69, 9.17) is 38.4 Å². The Morgan fingerprint density at radius 3 is 1.88 bits per heavy atom. The Bertz CT molecular complexity index is 2050. The first kappa shape index (κ1) is 40.6. The van der Waals surface area contributed by atoms with Crippen molar-refractivity contribution in [3.8, 4) is 17.6 Å². The second kappa shape index (κ2) is 17.9. The van der Waals surface area contributed by atoms with Crippen LogP contribution in [0.2, 0.25) is 10.0 Å². The maximum absolute atomic E-state index is 13.2. The van der Waals surface area contributed by atoms with Crippen molar-refractivity contribution in [1.29, 1.82) is 5.26 Å². The van der Waals surface area contributed by atoms with Gasteiger partial charge in [0.05, 0.1) is 35.9 Å². The quantitative estimate of drug-likeness (QED) is 0.164. The molecule has 4 N–H and O–H groups in total. The van der Waals surface area contributed by atoms with E-state index in [1.54, 1.807) is 35.2 Å². The molecule has 9 nitrogen and oxygen atoms in total. The molecule has 0 aromatic heterocycles. The number of carbonyl (C=O) groups excluding carboxylic acids is 1. The highest BCUT2D eigenvalue weighted by Crippen LogP contribution is 2.38. The van der Waals surface area contributed by atoms with Gasteiger partial charge in [-0.25, -0.2) is 8.78 Å². The average molecular weight is 818 g/mol. The van der Waals surface area contributed by atoms with Crippen LogP contribution in [0.5, 0.6) is 11.5 Å². The molecule has 8 rings (SSSR count). The van der Waals surface area contributed by atoms with Crippen LogP contribution in [0.3, 0.4) is 0 Å². The smallest absolute Gasteiger partial charge is 0.265 e. The predicted octanol–water partition coefficient (Wildman–Crippen LogP) is 7.96. The number of ether oxygens (including phenoxy) is 2. The minimum absolute atomic E-state index is 0.0774. The van der Waals surface area contributed by atoms with Gasteiger partial charge in [-0.2, -0.15) is 5.26 Å². The monoisotopic (exact) mass is 816 g/mol. The van der Waals surface area contributed by atoms with Gasteiger partial charge in [-0.3, -0.25) is 9.69 Å². The number of amides is 1. The summed E-state index contributed by atoms with van der Waals surface area (Å²) >= 11 is 12.0. The molecule has 57 heavy (non-hydrogen) atoms. The lowest BCUT2D eigenvalue weighted by Gasteiger charge is -2.42. The van der Waals surface area contributed by atoms with Crippen LogP contribution in [-0.4, -0.2) is 80.3 Å². The molecule has 1 amide bonds. The lowest BCUT2D eigenvalue weighted by atomic mass is 9.74. The summed E-state index contributed by atoms with van der Waals surface area (Å²) in [6, 6.07) is 26.5. The number of nitriles is 1. The molecule has 4 heterocycles. The number of nitrogens with two attached hydrogens (primary N) is 1. The molecular formula is C44H48Cl2F2N6O3. The highest BCUT2D eigenvalue weighted by Gasteiger charge is 2.39. The van der Waals surface area contributed by atoms with Gasteiger partial charge < -0.3 is 30.7 Å². The summed E-state index contributed by atoms with van der Waals surface area (Å²) < 4.78 is 38.3. The number of hydrogen-bond donors (Lipinski definition) is 3. The van der Waals surface area contributed by atoms with Gasteiger partial charge in [0.25, 0.3) is 5.91 Å². The van der Waals surface area contributed by atoms with Crippen molar-refractivity contribution in [2.75, 3.05) is 63.0 Å². The van der Waals surface area contributed by atoms with Crippen LogP contribution in [0, 0.1) is 33.8 Å². The fraction of sp³-hybridized carbons (Fsp3) is 0.409. The molecule has 2 saturated heterocycles. The number of halogens is 4. The third-order valence-corrected chi connectivity index (χ3v) is 12.2. The molecule has 0 bridgehead atoms. The molecule has 0 saturated carbocycles. The summed E-state index contributed by atoms with van der Waals surface area (Å²) in [5.41, 5.74) is 9.57. The van der Waals surface area contributed by atoms with E-state index in [1.165, 1.54) is 24.3 Å². The van der Waals surface area contributed by atoms with Gasteiger partial charge in [0, 0.05) is 29.7 Å². The van der Waals surface area contributed by atoms with E-state index in [1.807, 2.05) is 30.3 Å². The van der Waals surface area contributed by atoms with Crippen LogP contribution in [0.1, 0.15) is 36.8 Å². The maximum Gasteiger partial charge on any atom is 0.265 e. The van der Waals surface area contributed by atoms with E-state index >= 15 is 0 Å². The van der Waals surface area contributed by atoms with Gasteiger partial charge in [-0.15, -0.1) is 0 Å². The first-order chi connectivity index (χ1) is 27.5. The fourth-order valence-electron chi connectivity index (χ4n) is 8.23. The summed E-state index contributed by atoms with van der Waals surface area (Å²) in [5, 5.41) is 17.7. The second-order valence-corrected chi connectivity index (χ2v) is 16.6. The minimum atomic E-state index is -0.602. The molecule has 4 aromatic rings. The lowest BCUT2D eigenvalue weighted by molar-refractivity contribution is -0.140. The molecule has 2 fully saturated rings. The van der Waals surface area contributed by atoms with E-state index in [9.17, 15) is 18.8 Å². The summed E-state index contributed by atoms with van der Waals surface area (Å²) in [6.07, 6.45) is 4.25. The molecule has 13 heteroatoms. The van der Waals surface area contributed by atoms with Crippen LogP contribution in [0.4, 0.5) is 20.2 Å². The van der Waals surface area contributed by atoms with Crippen molar-refractivity contribution in [2.24, 2.45) is 16.6 Å². The Morgan fingerprint density at radius 2 is 1.32 bits per heavy atom. The van der Waals surface area contributed by atoms with E-state index in [-0.39, 0.29) is 29.1 Å². The molecule has 0 aliphatic carbocycles. The number of benzene rings is 4. The van der Waals surface area contributed by atoms with Gasteiger partial charge >= 0.3 is 0 Å². The van der Waals surface area contributed by atoms with Gasteiger partial charge in [-0.05, 0) is 135 Å². The molecular weight excluding hydrogens is 769 g/mol. The predicted molar refractivity (Wildman–Crippen MR) is 220 cm³/mol. The van der Waals surface area contributed by atoms with Crippen molar-refractivity contribution in [3.05, 3.63) is 118 Å². The van der Waals surface area contributed by atoms with Crippen molar-refractivity contribution >= 4 is 40.5 Å². The molecule has 4 aliphatic heterocycles. The Labute approximate surface area is 343 Å². The molecule has 4 aromatic carbocycles. The lowest BCUT2D eigenvalue weighted by Crippen LogP contribution is -2.51. The first-order valence-corrected chi connectivity index (χ1v) is 20.3. The highest BCUT2D eigenvalue weighted by atomic mass is 35.5. The Kier molecular flexibility index (Phi) is 12.7. The minimum Gasteiger partial charge on any atom is -0.485 e. The van der Waals surface area contributed by atoms with Gasteiger partial charge in [0.1, 0.15) is 29.2 Å². The number of likely N-dealkylation sites (tertiary alicyclic amines) is 2. The number of carbonyl (C=O) groups is 1. The maximum atomic E-state index is 13.2. The Morgan fingerprint density at radius 1 is 0.772 bits per heavy atom. The number of hydrogen-bond acceptors (Lipinski definition) is 8. The zero-order valence-electron chi connectivity index (χ0n) is 31.8.